The van der Waals surface area contributed by atoms with Crippen molar-refractivity contribution in [3.05, 3.63) is 83.6 Å². The third-order valence-electron chi connectivity index (χ3n) is 17.5. The summed E-state index contributed by atoms with van der Waals surface area (Å²) in [6.07, 6.45) is 19.6. The van der Waals surface area contributed by atoms with E-state index < -0.39 is 16.8 Å². The maximum Gasteiger partial charge on any atom is 0.229 e. The molecule has 6 N–H and O–H groups in total. The van der Waals surface area contributed by atoms with Gasteiger partial charge in [0.2, 0.25) is 35.6 Å². The van der Waals surface area contributed by atoms with Crippen molar-refractivity contribution in [1.29, 1.82) is 0 Å². The maximum atomic E-state index is 12.7. The molecule has 0 aromatic carbocycles. The van der Waals surface area contributed by atoms with E-state index >= 15 is 0 Å². The molecule has 0 spiro atoms. The van der Waals surface area contributed by atoms with Gasteiger partial charge in [-0.2, -0.15) is 0 Å². The van der Waals surface area contributed by atoms with Crippen LogP contribution in [0.3, 0.4) is 0 Å². The number of aromatic nitrogens is 10. The van der Waals surface area contributed by atoms with Gasteiger partial charge < -0.3 is 15.3 Å². The van der Waals surface area contributed by atoms with Crippen molar-refractivity contribution in [1.82, 2.24) is 48.6 Å². The van der Waals surface area contributed by atoms with Crippen LogP contribution in [-0.4, -0.2) is 92.8 Å². The van der Waals surface area contributed by atoms with Crippen LogP contribution in [0.2, 0.25) is 0 Å². The van der Waals surface area contributed by atoms with Gasteiger partial charge in [-0.1, -0.05) is 12.5 Å². The number of nitrogens with zero attached hydrogens (tertiary/aromatic N) is 10. The molecule has 7 aromatic heterocycles. The van der Waals surface area contributed by atoms with Crippen molar-refractivity contribution in [3.63, 3.8) is 0 Å². The van der Waals surface area contributed by atoms with Gasteiger partial charge in [0.05, 0.1) is 36.2 Å². The average Bonchev–Trinajstić information content (AvgIpc) is 3.77. The van der Waals surface area contributed by atoms with Crippen molar-refractivity contribution in [2.45, 2.75) is 185 Å². The first-order valence-electron chi connectivity index (χ1n) is 28.0. The summed E-state index contributed by atoms with van der Waals surface area (Å²) in [4.78, 5) is 69.6. The van der Waals surface area contributed by atoms with Crippen molar-refractivity contribution >= 4 is 69.1 Å². The van der Waals surface area contributed by atoms with Crippen molar-refractivity contribution < 1.29 is 29.7 Å². The molecule has 7 aromatic rings. The molecule has 77 heavy (non-hydrogen) atoms. The van der Waals surface area contributed by atoms with Crippen LogP contribution in [0, 0.1) is 38.5 Å². The number of aliphatic hydroxyl groups is 3. The number of hydrogen-bond acceptors (Lipinski definition) is 13. The third-order valence-corrected chi connectivity index (χ3v) is 17.5. The number of pyridine rings is 4. The molecule has 13 rings (SSSR count). The van der Waals surface area contributed by atoms with E-state index in [0.717, 1.165) is 134 Å². The molecule has 7 heterocycles. The number of amides is 3. The third kappa shape index (κ3) is 10.8. The highest BCUT2D eigenvalue weighted by Crippen LogP contribution is 2.58. The van der Waals surface area contributed by atoms with E-state index in [0.29, 0.717) is 53.5 Å². The first kappa shape index (κ1) is 52.4. The fourth-order valence-electron chi connectivity index (χ4n) is 11.9. The summed E-state index contributed by atoms with van der Waals surface area (Å²) in [6.45, 7) is 9.29. The Labute approximate surface area is 448 Å². The molecule has 6 fully saturated rings. The van der Waals surface area contributed by atoms with Gasteiger partial charge in [0.25, 0.3) is 0 Å². The number of hydrogen-bond donors (Lipinski definition) is 6. The zero-order valence-corrected chi connectivity index (χ0v) is 45.0. The van der Waals surface area contributed by atoms with E-state index in [1.165, 1.54) is 12.8 Å². The number of nitrogens with one attached hydrogen (secondary N) is 3. The highest BCUT2D eigenvalue weighted by atomic mass is 16.3. The molecule has 0 radical (unpaired) electrons. The highest BCUT2D eigenvalue weighted by Gasteiger charge is 2.57. The van der Waals surface area contributed by atoms with E-state index in [4.69, 9.17) is 0 Å². The van der Waals surface area contributed by atoms with Crippen LogP contribution in [-0.2, 0) is 20.0 Å². The molecule has 4 unspecified atom stereocenters. The number of anilines is 3. The lowest BCUT2D eigenvalue weighted by Gasteiger charge is -2.38. The first-order valence-corrected chi connectivity index (χ1v) is 28.0. The Balaban J connectivity index is 0.000000123. The average molecular weight is 1050 g/mol. The quantitative estimate of drug-likeness (QED) is 0.0594. The van der Waals surface area contributed by atoms with Crippen LogP contribution in [0.25, 0.3) is 33.5 Å². The summed E-state index contributed by atoms with van der Waals surface area (Å²) in [5, 5.41) is 40.8. The normalized spacial score (nSPS) is 22.6. The second kappa shape index (κ2) is 20.9. The summed E-state index contributed by atoms with van der Waals surface area (Å²) in [7, 11) is 0. The lowest BCUT2D eigenvalue weighted by molar-refractivity contribution is -0.125. The summed E-state index contributed by atoms with van der Waals surface area (Å²) in [5.74, 6) is 2.22. The van der Waals surface area contributed by atoms with E-state index in [-0.39, 0.29) is 42.9 Å². The summed E-state index contributed by atoms with van der Waals surface area (Å²) in [5.41, 5.74) is 5.18. The van der Waals surface area contributed by atoms with E-state index in [9.17, 15) is 29.7 Å². The largest absolute Gasteiger partial charge is 0.389 e. The molecule has 5 atom stereocenters. The van der Waals surface area contributed by atoms with Crippen LogP contribution in [0.1, 0.15) is 170 Å². The lowest BCUT2D eigenvalue weighted by Crippen LogP contribution is -2.42. The molecule has 3 amide bonds. The molecule has 0 aliphatic heterocycles. The Morgan fingerprint density at radius 3 is 1.62 bits per heavy atom. The van der Waals surface area contributed by atoms with Gasteiger partial charge in [-0.25, -0.2) is 29.9 Å². The minimum atomic E-state index is -1.35. The minimum absolute atomic E-state index is 0.107. The van der Waals surface area contributed by atoms with E-state index in [2.05, 4.69) is 60.0 Å². The van der Waals surface area contributed by atoms with Crippen LogP contribution in [0.4, 0.5) is 17.8 Å². The van der Waals surface area contributed by atoms with Gasteiger partial charge in [0.15, 0.2) is 16.9 Å². The van der Waals surface area contributed by atoms with Gasteiger partial charge >= 0.3 is 0 Å². The Morgan fingerprint density at radius 2 is 1.14 bits per heavy atom. The second-order valence-corrected chi connectivity index (χ2v) is 23.5. The van der Waals surface area contributed by atoms with Gasteiger partial charge in [-0.3, -0.25) is 49.0 Å². The lowest BCUT2D eigenvalue weighted by atomic mass is 9.72. The zero-order valence-electron chi connectivity index (χ0n) is 45.0. The number of rotatable bonds is 14. The van der Waals surface area contributed by atoms with Crippen molar-refractivity contribution in [2.75, 3.05) is 16.0 Å². The molecule has 19 nitrogen and oxygen atoms in total. The Bertz CT molecular complexity index is 3330. The minimum Gasteiger partial charge on any atom is -0.389 e. The highest BCUT2D eigenvalue weighted by molar-refractivity contribution is 5.93. The molecule has 19 heteroatoms. The Hall–Kier alpha value is -6.70. The summed E-state index contributed by atoms with van der Waals surface area (Å²) < 4.78 is 6.18. The molecule has 6 aliphatic carbocycles. The topological polar surface area (TPSA) is 253 Å². The smallest absolute Gasteiger partial charge is 0.229 e. The van der Waals surface area contributed by atoms with Gasteiger partial charge in [0, 0.05) is 41.9 Å². The molecule has 406 valence electrons. The fourth-order valence-corrected chi connectivity index (χ4v) is 11.9. The van der Waals surface area contributed by atoms with E-state index in [1.807, 2.05) is 55.7 Å². The van der Waals surface area contributed by atoms with E-state index in [1.54, 1.807) is 44.4 Å². The van der Waals surface area contributed by atoms with Crippen LogP contribution in [0.15, 0.2) is 60.9 Å². The van der Waals surface area contributed by atoms with Crippen molar-refractivity contribution in [2.24, 2.45) is 17.8 Å². The van der Waals surface area contributed by atoms with Gasteiger partial charge in [-0.05, 0) is 190 Å². The maximum absolute atomic E-state index is 12.7. The second-order valence-electron chi connectivity index (χ2n) is 23.5. The summed E-state index contributed by atoms with van der Waals surface area (Å²) >= 11 is 0. The zero-order chi connectivity index (χ0) is 53.8. The first-order chi connectivity index (χ1) is 36.9. The SMILES string of the molecule is Cc1ccc2nc(NC(=O)CC(C)(O)C3CCC3)n(C3CCC3)c2n1.Cc1ccc2nc(NC(=O)CC3(O)CCC4CC43)n(C3CCC3)c2n1.Cc1ccnc2c1nc(NC(=O)C[C@@](C)(O)c1ccccn1)n2C1CCC1. The monoisotopic (exact) mass is 1050 g/mol. The number of carbonyl (C=O) groups excluding carboxylic acids is 3. The number of fused-ring (bicyclic) bond motifs is 4. The number of aryl methyl sites for hydroxylation is 3. The van der Waals surface area contributed by atoms with Crippen LogP contribution < -0.4 is 16.0 Å². The Morgan fingerprint density at radius 1 is 0.610 bits per heavy atom. The molecule has 6 saturated carbocycles. The van der Waals surface area contributed by atoms with Crippen molar-refractivity contribution in [3.8, 4) is 0 Å². The fraction of sp³-hybridized carbons (Fsp3) is 0.552. The van der Waals surface area contributed by atoms with Crippen LogP contribution in [0.5, 0.6) is 0 Å². The summed E-state index contributed by atoms with van der Waals surface area (Å²) in [6, 6.07) is 16.0. The Kier molecular flexibility index (Phi) is 14.2. The standard InChI is InChI=1S/C20H23N5O2.C19H24N4O2.C19H26N4O2/c1-13-9-11-22-18-17(13)24-19(25(18)14-6-5-7-14)23-16(26)12-20(2,27)15-8-3-4-10-21-15;1-11-5-6-15-17(20-11)23(13-3-2-4-13)18(21-15)22-16(24)10-19(25)8-7-12-9-14(12)19;1-12-9-10-15-17(20-12)23(14-7-4-8-14)18(21-15)22-16(24)11-19(2,25)13-5-3-6-13/h3-4,8-11,14,27H,5-7,12H2,1-2H3,(H,23,24,26);5-6,12-14,25H,2-4,7-10H2,1H3,(H,21,22,24);9-10,13-14,25H,3-8,11H2,1-2H3,(H,21,22,24)/t20-;;/m1../s1. The molecule has 0 saturated heterocycles. The molecular formula is C58H73N13O6. The number of carbonyl (C=O) groups is 3. The van der Waals surface area contributed by atoms with Gasteiger partial charge in [0.1, 0.15) is 22.2 Å². The number of imidazole rings is 3. The van der Waals surface area contributed by atoms with Gasteiger partial charge in [-0.15, -0.1) is 0 Å². The molecular weight excluding hydrogens is 975 g/mol. The van der Waals surface area contributed by atoms with Crippen LogP contribution >= 0.6 is 0 Å². The molecule has 0 bridgehead atoms. The predicted molar refractivity (Wildman–Crippen MR) is 293 cm³/mol. The molecule has 6 aliphatic rings. The predicted octanol–water partition coefficient (Wildman–Crippen LogP) is 9.39.